The minimum atomic E-state index is -1.40. The Morgan fingerprint density at radius 3 is 2.65 bits per heavy atom. The van der Waals surface area contributed by atoms with Crippen molar-refractivity contribution in [3.05, 3.63) is 40.2 Å². The zero-order chi connectivity index (χ0) is 18.9. The van der Waals surface area contributed by atoms with Gasteiger partial charge >= 0.3 is 0 Å². The first-order valence-electron chi connectivity index (χ1n) is 8.07. The molecule has 0 unspecified atom stereocenters. The summed E-state index contributed by atoms with van der Waals surface area (Å²) in [7, 11) is 0. The van der Waals surface area contributed by atoms with Gasteiger partial charge in [0.05, 0.1) is 18.3 Å². The summed E-state index contributed by atoms with van der Waals surface area (Å²) < 4.78 is 28.2. The highest BCUT2D eigenvalue weighted by molar-refractivity contribution is 7.17. The Kier molecular flexibility index (Phi) is 4.90. The van der Waals surface area contributed by atoms with Crippen molar-refractivity contribution in [2.75, 3.05) is 17.6 Å². The lowest BCUT2D eigenvalue weighted by Gasteiger charge is -2.33. The molecule has 1 saturated carbocycles. The fourth-order valence-corrected chi connectivity index (χ4v) is 3.21. The van der Waals surface area contributed by atoms with E-state index in [0.29, 0.717) is 23.3 Å². The molecule has 1 heterocycles. The van der Waals surface area contributed by atoms with Crippen molar-refractivity contribution in [1.29, 1.82) is 0 Å². The summed E-state index contributed by atoms with van der Waals surface area (Å²) in [6.45, 7) is 1.45. The van der Waals surface area contributed by atoms with Crippen molar-refractivity contribution in [3.8, 4) is 0 Å². The summed E-state index contributed by atoms with van der Waals surface area (Å²) in [6.07, 6.45) is 2.90. The first kappa shape index (κ1) is 18.2. The third-order valence-electron chi connectivity index (χ3n) is 4.37. The molecule has 2 aromatic rings. The number of carbonyl (C=O) groups is 2. The van der Waals surface area contributed by atoms with E-state index in [-0.39, 0.29) is 22.9 Å². The van der Waals surface area contributed by atoms with Gasteiger partial charge in [-0.25, -0.2) is 13.8 Å². The predicted molar refractivity (Wildman–Crippen MR) is 95.6 cm³/mol. The fourth-order valence-electron chi connectivity index (χ4n) is 2.63. The molecule has 4 N–H and O–H groups in total. The van der Waals surface area contributed by atoms with Crippen LogP contribution < -0.4 is 16.4 Å². The predicted octanol–water partition coefficient (Wildman–Crippen LogP) is 3.05. The van der Waals surface area contributed by atoms with Gasteiger partial charge in [0.1, 0.15) is 16.4 Å². The van der Waals surface area contributed by atoms with Crippen molar-refractivity contribution >= 4 is 34.0 Å². The maximum atomic E-state index is 14.2. The number of nitrogen functional groups attached to an aromatic ring is 1. The number of carbonyl (C=O) groups excluding carboxylic acids is 2. The van der Waals surface area contributed by atoms with Crippen molar-refractivity contribution in [3.63, 3.8) is 0 Å². The summed E-state index contributed by atoms with van der Waals surface area (Å²) in [5, 5.41) is 5.29. The van der Waals surface area contributed by atoms with Gasteiger partial charge in [-0.15, -0.1) is 0 Å². The molecule has 0 atom stereocenters. The molecule has 3 rings (SSSR count). The van der Waals surface area contributed by atoms with Gasteiger partial charge < -0.3 is 16.4 Å². The number of hydrogen-bond acceptors (Lipinski definition) is 5. The zero-order valence-corrected chi connectivity index (χ0v) is 14.9. The monoisotopic (exact) mass is 380 g/mol. The van der Waals surface area contributed by atoms with E-state index in [1.54, 1.807) is 6.92 Å². The number of aryl methyl sites for hydroxylation is 1. The van der Waals surface area contributed by atoms with Crippen LogP contribution in [0.2, 0.25) is 0 Å². The second-order valence-electron chi connectivity index (χ2n) is 6.35. The number of nitrogens with zero attached hydrogens (tertiary/aromatic N) is 1. The maximum Gasteiger partial charge on any atom is 0.267 e. The highest BCUT2D eigenvalue weighted by Gasteiger charge is 2.37. The van der Waals surface area contributed by atoms with E-state index >= 15 is 0 Å². The minimum Gasteiger partial charge on any atom is -0.375 e. The number of alkyl halides is 1. The van der Waals surface area contributed by atoms with Crippen molar-refractivity contribution in [2.24, 2.45) is 0 Å². The highest BCUT2D eigenvalue weighted by atomic mass is 32.1. The van der Waals surface area contributed by atoms with Gasteiger partial charge in [0.15, 0.2) is 5.13 Å². The molecule has 2 amide bonds. The van der Waals surface area contributed by atoms with Gasteiger partial charge in [-0.3, -0.25) is 9.59 Å². The fraction of sp³-hybridized carbons (Fsp3) is 0.353. The molecule has 0 bridgehead atoms. The molecule has 138 valence electrons. The van der Waals surface area contributed by atoms with Crippen LogP contribution in [0.5, 0.6) is 0 Å². The Morgan fingerprint density at radius 1 is 1.35 bits per heavy atom. The van der Waals surface area contributed by atoms with Gasteiger partial charge in [-0.05, 0) is 43.9 Å². The van der Waals surface area contributed by atoms with Crippen LogP contribution >= 0.6 is 11.3 Å². The highest BCUT2D eigenvalue weighted by Crippen LogP contribution is 2.35. The number of rotatable bonds is 5. The number of nitrogens with one attached hydrogen (secondary N) is 2. The first-order valence-corrected chi connectivity index (χ1v) is 8.89. The molecule has 26 heavy (non-hydrogen) atoms. The lowest BCUT2D eigenvalue weighted by atomic mass is 9.82. The smallest absolute Gasteiger partial charge is 0.267 e. The van der Waals surface area contributed by atoms with E-state index in [9.17, 15) is 18.4 Å². The topological polar surface area (TPSA) is 97.1 Å². The van der Waals surface area contributed by atoms with Crippen molar-refractivity contribution in [2.45, 2.75) is 31.9 Å². The maximum absolute atomic E-state index is 14.2. The van der Waals surface area contributed by atoms with Crippen LogP contribution in [0.25, 0.3) is 0 Å². The normalized spacial score (nSPS) is 15.2. The van der Waals surface area contributed by atoms with Crippen LogP contribution in [-0.2, 0) is 0 Å². The second kappa shape index (κ2) is 6.99. The molecule has 0 aliphatic heterocycles. The Balaban J connectivity index is 1.75. The Hall–Kier alpha value is -2.55. The molecule has 1 aromatic carbocycles. The SMILES string of the molecule is Cc1cc(F)c(C(=O)NCC2(F)CCC2)cc1NC(=O)c1cnc(N)s1. The van der Waals surface area contributed by atoms with Crippen LogP contribution in [0.4, 0.5) is 19.6 Å². The average molecular weight is 380 g/mol. The molecule has 1 aliphatic rings. The van der Waals surface area contributed by atoms with Crippen LogP contribution in [0.1, 0.15) is 44.9 Å². The van der Waals surface area contributed by atoms with Gasteiger partial charge in [0, 0.05) is 5.69 Å². The molecule has 0 radical (unpaired) electrons. The number of thiazole rings is 1. The third-order valence-corrected chi connectivity index (χ3v) is 5.19. The molecule has 1 fully saturated rings. The van der Waals surface area contributed by atoms with E-state index in [2.05, 4.69) is 15.6 Å². The number of benzene rings is 1. The molecule has 1 aromatic heterocycles. The van der Waals surface area contributed by atoms with E-state index < -0.39 is 23.3 Å². The average Bonchev–Trinajstić information content (AvgIpc) is 3.00. The lowest BCUT2D eigenvalue weighted by Crippen LogP contribution is -2.44. The minimum absolute atomic E-state index is 0.152. The number of halogens is 2. The number of hydrogen-bond donors (Lipinski definition) is 3. The number of anilines is 2. The van der Waals surface area contributed by atoms with Crippen LogP contribution in [-0.4, -0.2) is 29.0 Å². The molecule has 0 saturated heterocycles. The first-order chi connectivity index (χ1) is 12.3. The quantitative estimate of drug-likeness (QED) is 0.743. The molecular weight excluding hydrogens is 362 g/mol. The zero-order valence-electron chi connectivity index (χ0n) is 14.1. The lowest BCUT2D eigenvalue weighted by molar-refractivity contribution is 0.0576. The van der Waals surface area contributed by atoms with Crippen molar-refractivity contribution in [1.82, 2.24) is 10.3 Å². The van der Waals surface area contributed by atoms with Crippen LogP contribution in [0, 0.1) is 12.7 Å². The summed E-state index contributed by atoms with van der Waals surface area (Å²) in [6, 6.07) is 2.40. The standard InChI is InChI=1S/C17H18F2N4O2S/c1-9-5-11(18)10(14(24)22-8-17(19)3-2-4-17)6-12(9)23-15(25)13-7-21-16(20)26-13/h5-7H,2-4,8H2,1H3,(H2,20,21)(H,22,24)(H,23,25). The van der Waals surface area contributed by atoms with E-state index in [0.717, 1.165) is 23.8 Å². The summed E-state index contributed by atoms with van der Waals surface area (Å²) in [4.78, 5) is 28.5. The van der Waals surface area contributed by atoms with E-state index in [1.165, 1.54) is 12.3 Å². The van der Waals surface area contributed by atoms with E-state index in [4.69, 9.17) is 5.73 Å². The van der Waals surface area contributed by atoms with Gasteiger partial charge in [-0.1, -0.05) is 11.3 Å². The van der Waals surface area contributed by atoms with Gasteiger partial charge in [0.25, 0.3) is 11.8 Å². The van der Waals surface area contributed by atoms with Crippen LogP contribution in [0.3, 0.4) is 0 Å². The molecule has 1 aliphatic carbocycles. The molecule has 0 spiro atoms. The number of aromatic nitrogens is 1. The van der Waals surface area contributed by atoms with Crippen molar-refractivity contribution < 1.29 is 18.4 Å². The second-order valence-corrected chi connectivity index (χ2v) is 7.41. The Morgan fingerprint density at radius 2 is 2.08 bits per heavy atom. The third kappa shape index (κ3) is 3.82. The molecule has 9 heteroatoms. The Labute approximate surface area is 152 Å². The van der Waals surface area contributed by atoms with Crippen LogP contribution in [0.15, 0.2) is 18.3 Å². The summed E-state index contributed by atoms with van der Waals surface area (Å²) in [5.41, 5.74) is 4.58. The largest absolute Gasteiger partial charge is 0.375 e. The number of amides is 2. The Bertz CT molecular complexity index is 864. The molecular formula is C17H18F2N4O2S. The molecule has 6 nitrogen and oxygen atoms in total. The summed E-state index contributed by atoms with van der Waals surface area (Å²) >= 11 is 1.01. The van der Waals surface area contributed by atoms with Gasteiger partial charge in [-0.2, -0.15) is 0 Å². The van der Waals surface area contributed by atoms with E-state index in [1.807, 2.05) is 0 Å². The van der Waals surface area contributed by atoms with Gasteiger partial charge in [0.2, 0.25) is 0 Å². The summed E-state index contributed by atoms with van der Waals surface area (Å²) in [5.74, 6) is -1.91. The number of nitrogens with two attached hydrogens (primary N) is 1.